The van der Waals surface area contributed by atoms with Gasteiger partial charge in [0.25, 0.3) is 0 Å². The fourth-order valence-corrected chi connectivity index (χ4v) is 6.23. The van der Waals surface area contributed by atoms with Crippen LogP contribution in [0.5, 0.6) is 0 Å². The van der Waals surface area contributed by atoms with E-state index in [1.807, 2.05) is 54.6 Å². The van der Waals surface area contributed by atoms with Crippen LogP contribution in [-0.2, 0) is 31.1 Å². The zero-order valence-electron chi connectivity index (χ0n) is 20.7. The Labute approximate surface area is 212 Å². The smallest absolute Gasteiger partial charge is 0.241 e. The van der Waals surface area contributed by atoms with Crippen LogP contribution in [0.3, 0.4) is 0 Å². The molecule has 1 aliphatic heterocycles. The number of carbonyl (C=O) groups excluding carboxylic acids is 2. The van der Waals surface area contributed by atoms with Crippen LogP contribution in [0.1, 0.15) is 50.2 Å². The molecule has 0 bridgehead atoms. The molecule has 4 rings (SSSR count). The highest BCUT2D eigenvalue weighted by atomic mass is 32.2. The van der Waals surface area contributed by atoms with E-state index in [9.17, 15) is 9.59 Å². The van der Waals surface area contributed by atoms with Crippen molar-refractivity contribution in [2.75, 3.05) is 30.2 Å². The van der Waals surface area contributed by atoms with Crippen molar-refractivity contribution in [2.45, 2.75) is 63.2 Å². The van der Waals surface area contributed by atoms with E-state index >= 15 is 0 Å². The Morgan fingerprint density at radius 3 is 2.69 bits per heavy atom. The van der Waals surface area contributed by atoms with E-state index in [4.69, 9.17) is 9.47 Å². The average Bonchev–Trinajstić information content (AvgIpc) is 3.11. The van der Waals surface area contributed by atoms with Crippen LogP contribution >= 0.6 is 11.8 Å². The molecule has 1 N–H and O–H groups in total. The van der Waals surface area contributed by atoms with Gasteiger partial charge in [0.2, 0.25) is 11.8 Å². The minimum atomic E-state index is -0.860. The van der Waals surface area contributed by atoms with Crippen molar-refractivity contribution in [1.29, 1.82) is 0 Å². The monoisotopic (exact) mass is 496 g/mol. The van der Waals surface area contributed by atoms with E-state index < -0.39 is 11.5 Å². The number of hydrogen-bond donors (Lipinski definition) is 1. The van der Waals surface area contributed by atoms with Crippen LogP contribution in [0.2, 0.25) is 0 Å². The summed E-state index contributed by atoms with van der Waals surface area (Å²) in [5.41, 5.74) is 2.04. The van der Waals surface area contributed by atoms with E-state index in [-0.39, 0.29) is 24.6 Å². The fraction of sp³-hybridized carbons (Fsp3) is 0.500. The summed E-state index contributed by atoms with van der Waals surface area (Å²) in [4.78, 5) is 28.9. The Morgan fingerprint density at radius 2 is 1.91 bits per heavy atom. The van der Waals surface area contributed by atoms with E-state index in [2.05, 4.69) is 12.2 Å². The molecular weight excluding hydrogens is 460 g/mol. The Hall–Kier alpha value is -2.35. The number of para-hydroxylation sites is 1. The van der Waals surface area contributed by atoms with Gasteiger partial charge in [-0.15, -0.1) is 0 Å². The van der Waals surface area contributed by atoms with Gasteiger partial charge in [0.1, 0.15) is 6.73 Å². The first kappa shape index (κ1) is 25.7. The van der Waals surface area contributed by atoms with Crippen molar-refractivity contribution in [1.82, 2.24) is 5.32 Å². The number of benzene rings is 2. The van der Waals surface area contributed by atoms with Gasteiger partial charge >= 0.3 is 0 Å². The Balaban J connectivity index is 1.64. The van der Waals surface area contributed by atoms with Crippen LogP contribution in [0.25, 0.3) is 0 Å². The number of rotatable bonds is 11. The molecule has 1 heterocycles. The normalized spacial score (nSPS) is 23.5. The summed E-state index contributed by atoms with van der Waals surface area (Å²) >= 11 is 1.79. The van der Waals surface area contributed by atoms with Gasteiger partial charge < -0.3 is 14.8 Å². The number of nitrogens with one attached hydrogen (secondary N) is 1. The van der Waals surface area contributed by atoms with Gasteiger partial charge in [0, 0.05) is 19.3 Å². The summed E-state index contributed by atoms with van der Waals surface area (Å²) in [5.74, 6) is 1.78. The Bertz CT molecular complexity index is 1000. The minimum Gasteiger partial charge on any atom is -0.371 e. The maximum Gasteiger partial charge on any atom is 0.241 e. The molecule has 1 spiro atoms. The molecule has 35 heavy (non-hydrogen) atoms. The average molecular weight is 497 g/mol. The molecule has 0 saturated heterocycles. The number of nitrogens with zero attached hydrogens (tertiary/aromatic N) is 1. The molecule has 1 fully saturated rings. The number of hydrogen-bond acceptors (Lipinski definition) is 5. The SMILES string of the molecule is CCCSCCC(=O)N[C@H]1[C@H](OCc2ccccc2)CCC[C@@]12C(=O)N(COC)c1ccccc12. The van der Waals surface area contributed by atoms with Crippen molar-refractivity contribution in [3.63, 3.8) is 0 Å². The standard InChI is InChI=1S/C28H36N2O4S/c1-3-17-35-18-15-25(31)29-26-24(34-19-21-10-5-4-6-11-21)14-9-16-28(26)22-12-7-8-13-23(22)30(20-33-2)27(28)32/h4-8,10-13,24,26H,3,9,14-20H2,1-2H3,(H,29,31)/t24-,26+,28+/m1/s1. The first-order chi connectivity index (χ1) is 17.1. The molecule has 0 aromatic heterocycles. The third kappa shape index (κ3) is 5.42. The summed E-state index contributed by atoms with van der Waals surface area (Å²) in [6.45, 7) is 2.77. The first-order valence-corrected chi connectivity index (χ1v) is 13.7. The van der Waals surface area contributed by atoms with Crippen LogP contribution in [0.15, 0.2) is 54.6 Å². The highest BCUT2D eigenvalue weighted by Crippen LogP contribution is 2.50. The molecule has 0 radical (unpaired) electrons. The number of anilines is 1. The zero-order valence-corrected chi connectivity index (χ0v) is 21.5. The number of fused-ring (bicyclic) bond motifs is 2. The topological polar surface area (TPSA) is 67.9 Å². The summed E-state index contributed by atoms with van der Waals surface area (Å²) in [6.07, 6.45) is 3.57. The number of amides is 2. The molecule has 6 nitrogen and oxygen atoms in total. The van der Waals surface area contributed by atoms with Crippen molar-refractivity contribution in [2.24, 2.45) is 0 Å². The number of methoxy groups -OCH3 is 1. The van der Waals surface area contributed by atoms with Crippen molar-refractivity contribution >= 4 is 29.3 Å². The quantitative estimate of drug-likeness (QED) is 0.458. The molecule has 3 atom stereocenters. The molecule has 2 amide bonds. The van der Waals surface area contributed by atoms with Crippen molar-refractivity contribution in [3.8, 4) is 0 Å². The van der Waals surface area contributed by atoms with Gasteiger partial charge in [0.15, 0.2) is 0 Å². The summed E-state index contributed by atoms with van der Waals surface area (Å²) in [5, 5.41) is 3.28. The molecule has 188 valence electrons. The summed E-state index contributed by atoms with van der Waals surface area (Å²) < 4.78 is 11.8. The number of carbonyl (C=O) groups is 2. The van der Waals surface area contributed by atoms with Gasteiger partial charge in [-0.05, 0) is 48.6 Å². The Kier molecular flexibility index (Phi) is 8.87. The van der Waals surface area contributed by atoms with E-state index in [0.29, 0.717) is 19.4 Å². The summed E-state index contributed by atoms with van der Waals surface area (Å²) in [6, 6.07) is 17.5. The maximum atomic E-state index is 14.1. The highest BCUT2D eigenvalue weighted by molar-refractivity contribution is 7.99. The van der Waals surface area contributed by atoms with E-state index in [0.717, 1.165) is 47.6 Å². The van der Waals surface area contributed by atoms with Gasteiger partial charge in [-0.25, -0.2) is 0 Å². The summed E-state index contributed by atoms with van der Waals surface area (Å²) in [7, 11) is 1.60. The van der Waals surface area contributed by atoms with E-state index in [1.165, 1.54) is 0 Å². The predicted octanol–water partition coefficient (Wildman–Crippen LogP) is 4.66. The minimum absolute atomic E-state index is 0.0146. The molecular formula is C28H36N2O4S. The second-order valence-electron chi connectivity index (χ2n) is 9.27. The third-order valence-electron chi connectivity index (χ3n) is 6.97. The molecule has 7 heteroatoms. The van der Waals surface area contributed by atoms with Gasteiger partial charge in [-0.3, -0.25) is 14.5 Å². The predicted molar refractivity (Wildman–Crippen MR) is 141 cm³/mol. The molecule has 2 aromatic carbocycles. The lowest BCUT2D eigenvalue weighted by atomic mass is 9.65. The Morgan fingerprint density at radius 1 is 1.14 bits per heavy atom. The lowest BCUT2D eigenvalue weighted by molar-refractivity contribution is -0.133. The lowest BCUT2D eigenvalue weighted by Crippen LogP contribution is -2.63. The molecule has 1 aliphatic carbocycles. The van der Waals surface area contributed by atoms with E-state index in [1.54, 1.807) is 23.8 Å². The molecule has 0 unspecified atom stereocenters. The second-order valence-corrected chi connectivity index (χ2v) is 10.5. The van der Waals surface area contributed by atoms with Crippen LogP contribution in [0.4, 0.5) is 5.69 Å². The molecule has 1 saturated carbocycles. The molecule has 2 aliphatic rings. The zero-order chi connectivity index (χ0) is 24.7. The third-order valence-corrected chi connectivity index (χ3v) is 8.16. The van der Waals surface area contributed by atoms with Crippen molar-refractivity contribution < 1.29 is 19.1 Å². The first-order valence-electron chi connectivity index (χ1n) is 12.5. The van der Waals surface area contributed by atoms with Crippen molar-refractivity contribution in [3.05, 3.63) is 65.7 Å². The van der Waals surface area contributed by atoms with Gasteiger partial charge in [-0.1, -0.05) is 55.5 Å². The number of ether oxygens (including phenoxy) is 2. The molecule has 2 aromatic rings. The maximum absolute atomic E-state index is 14.1. The van der Waals surface area contributed by atoms with Gasteiger partial charge in [0.05, 0.1) is 29.9 Å². The highest BCUT2D eigenvalue weighted by Gasteiger charge is 2.59. The second kappa shape index (κ2) is 12.1. The fourth-order valence-electron chi connectivity index (χ4n) is 5.40. The van der Waals surface area contributed by atoms with Gasteiger partial charge in [-0.2, -0.15) is 11.8 Å². The number of thioether (sulfide) groups is 1. The van der Waals surface area contributed by atoms with Crippen LogP contribution in [-0.4, -0.2) is 49.3 Å². The van der Waals surface area contributed by atoms with Crippen LogP contribution < -0.4 is 10.2 Å². The largest absolute Gasteiger partial charge is 0.371 e. The van der Waals surface area contributed by atoms with Crippen LogP contribution in [0, 0.1) is 0 Å². The lowest BCUT2D eigenvalue weighted by Gasteiger charge is -2.45.